The van der Waals surface area contributed by atoms with Gasteiger partial charge in [-0.2, -0.15) is 0 Å². The largest absolute Gasteiger partial charge is 0.274 e. The molecule has 19 heavy (non-hydrogen) atoms. The highest BCUT2D eigenvalue weighted by Crippen LogP contribution is 2.12. The van der Waals surface area contributed by atoms with Crippen LogP contribution in [0.3, 0.4) is 0 Å². The Morgan fingerprint density at radius 1 is 1.42 bits per heavy atom. The number of hydrogen-bond acceptors (Lipinski definition) is 2. The molecule has 4 heteroatoms. The molecule has 102 valence electrons. The molecule has 1 rings (SSSR count). The Morgan fingerprint density at radius 3 is 2.68 bits per heavy atom. The second-order valence-electron chi connectivity index (χ2n) is 4.34. The molecule has 0 bridgehead atoms. The van der Waals surface area contributed by atoms with Crippen LogP contribution >= 0.6 is 0 Å². The summed E-state index contributed by atoms with van der Waals surface area (Å²) in [6.45, 7) is 3.94. The van der Waals surface area contributed by atoms with E-state index in [1.54, 1.807) is 24.3 Å². The van der Waals surface area contributed by atoms with E-state index in [0.29, 0.717) is 5.56 Å². The molecule has 0 radical (unpaired) electrons. The molecule has 1 aromatic carbocycles. The zero-order chi connectivity index (χ0) is 14.1. The molecular formula is C15H18FNO2. The first-order chi connectivity index (χ1) is 9.19. The van der Waals surface area contributed by atoms with Crippen molar-refractivity contribution >= 4 is 5.91 Å². The van der Waals surface area contributed by atoms with Crippen molar-refractivity contribution in [3.05, 3.63) is 35.9 Å². The number of carbonyl (C=O) groups is 1. The van der Waals surface area contributed by atoms with Gasteiger partial charge in [-0.3, -0.25) is 9.63 Å². The Labute approximate surface area is 113 Å². The van der Waals surface area contributed by atoms with Crippen LogP contribution in [0, 0.1) is 18.0 Å². The lowest BCUT2D eigenvalue weighted by atomic mass is 10.0. The lowest BCUT2D eigenvalue weighted by Crippen LogP contribution is -2.32. The third kappa shape index (κ3) is 5.11. The van der Waals surface area contributed by atoms with Crippen molar-refractivity contribution in [3.8, 4) is 12.1 Å². The van der Waals surface area contributed by atoms with Gasteiger partial charge in [0.15, 0.2) is 6.10 Å². The van der Waals surface area contributed by atoms with E-state index in [2.05, 4.69) is 11.4 Å². The zero-order valence-corrected chi connectivity index (χ0v) is 11.2. The molecule has 1 N–H and O–H groups in total. The summed E-state index contributed by atoms with van der Waals surface area (Å²) in [4.78, 5) is 17.0. The molecule has 1 aromatic rings. The van der Waals surface area contributed by atoms with Crippen molar-refractivity contribution in [2.75, 3.05) is 0 Å². The second-order valence-corrected chi connectivity index (χ2v) is 4.34. The van der Waals surface area contributed by atoms with Crippen molar-refractivity contribution in [2.24, 2.45) is 5.92 Å². The fraction of sp³-hybridized carbons (Fsp3) is 0.400. The van der Waals surface area contributed by atoms with Crippen LogP contribution in [-0.4, -0.2) is 12.0 Å². The summed E-state index contributed by atoms with van der Waals surface area (Å²) in [5.74, 6) is 2.00. The number of nitrogens with one attached hydrogen (secondary N) is 1. The average Bonchev–Trinajstić information content (AvgIpc) is 2.44. The van der Waals surface area contributed by atoms with Crippen molar-refractivity contribution in [3.63, 3.8) is 0 Å². The van der Waals surface area contributed by atoms with Crippen LogP contribution < -0.4 is 5.48 Å². The lowest BCUT2D eigenvalue weighted by Gasteiger charge is -2.18. The molecule has 3 nitrogen and oxygen atoms in total. The minimum Gasteiger partial charge on any atom is -0.267 e. The topological polar surface area (TPSA) is 38.3 Å². The molecule has 0 saturated heterocycles. The molecule has 2 atom stereocenters. The van der Waals surface area contributed by atoms with E-state index in [9.17, 15) is 9.18 Å². The SMILES string of the molecule is CCCC(C)C(C#CF)ONC(=O)c1ccccc1. The van der Waals surface area contributed by atoms with E-state index in [-0.39, 0.29) is 11.8 Å². The molecule has 0 spiro atoms. The summed E-state index contributed by atoms with van der Waals surface area (Å²) < 4.78 is 12.1. The summed E-state index contributed by atoms with van der Waals surface area (Å²) in [7, 11) is 0. The summed E-state index contributed by atoms with van der Waals surface area (Å²) in [5, 5.41) is 0. The number of carbonyl (C=O) groups excluding carboxylic acids is 1. The number of halogens is 1. The van der Waals surface area contributed by atoms with Gasteiger partial charge in [0, 0.05) is 5.56 Å². The summed E-state index contributed by atoms with van der Waals surface area (Å²) in [6.07, 6.45) is 2.50. The Balaban J connectivity index is 2.56. The molecule has 0 aliphatic heterocycles. The van der Waals surface area contributed by atoms with Gasteiger partial charge in [-0.15, -0.1) is 4.39 Å². The smallest absolute Gasteiger partial charge is 0.267 e. The molecule has 0 saturated carbocycles. The number of rotatable bonds is 6. The highest BCUT2D eigenvalue weighted by molar-refractivity contribution is 5.93. The van der Waals surface area contributed by atoms with Gasteiger partial charge in [-0.25, -0.2) is 5.48 Å². The van der Waals surface area contributed by atoms with Crippen molar-refractivity contribution < 1.29 is 14.0 Å². The molecule has 0 aliphatic carbocycles. The fourth-order valence-electron chi connectivity index (χ4n) is 1.71. The Bertz CT molecular complexity index is 450. The maximum atomic E-state index is 12.1. The maximum Gasteiger partial charge on any atom is 0.274 e. The first-order valence-electron chi connectivity index (χ1n) is 6.31. The van der Waals surface area contributed by atoms with Crippen LogP contribution in [0.1, 0.15) is 37.0 Å². The third-order valence-electron chi connectivity index (χ3n) is 2.77. The first kappa shape index (κ1) is 15.2. The van der Waals surface area contributed by atoms with Crippen LogP contribution in [0.25, 0.3) is 0 Å². The van der Waals surface area contributed by atoms with Gasteiger partial charge in [0.05, 0.1) is 0 Å². The van der Waals surface area contributed by atoms with E-state index in [1.165, 1.54) is 6.17 Å². The highest BCUT2D eigenvalue weighted by atomic mass is 19.1. The van der Waals surface area contributed by atoms with Crippen LogP contribution in [0.5, 0.6) is 0 Å². The van der Waals surface area contributed by atoms with Gasteiger partial charge >= 0.3 is 0 Å². The van der Waals surface area contributed by atoms with E-state index in [0.717, 1.165) is 12.8 Å². The first-order valence-corrected chi connectivity index (χ1v) is 6.31. The van der Waals surface area contributed by atoms with Crippen molar-refractivity contribution in [1.29, 1.82) is 0 Å². The number of benzene rings is 1. The van der Waals surface area contributed by atoms with Gasteiger partial charge < -0.3 is 0 Å². The quantitative estimate of drug-likeness (QED) is 0.632. The van der Waals surface area contributed by atoms with E-state index in [4.69, 9.17) is 4.84 Å². The van der Waals surface area contributed by atoms with Gasteiger partial charge in [0.1, 0.15) is 6.17 Å². The Hall–Kier alpha value is -1.86. The molecule has 2 unspecified atom stereocenters. The highest BCUT2D eigenvalue weighted by Gasteiger charge is 2.17. The predicted molar refractivity (Wildman–Crippen MR) is 71.7 cm³/mol. The second kappa shape index (κ2) is 8.28. The predicted octanol–water partition coefficient (Wildman–Crippen LogP) is 3.08. The Kier molecular flexibility index (Phi) is 6.62. The standard InChI is InChI=1S/C15H18FNO2/c1-3-7-12(2)14(10-11-16)19-17-15(18)13-8-5-4-6-9-13/h4-6,8-9,12,14H,3,7H2,1-2H3,(H,17,18). The number of amides is 1. The van der Waals surface area contributed by atoms with Gasteiger partial charge in [-0.05, 0) is 30.4 Å². The van der Waals surface area contributed by atoms with Crippen LogP contribution in [0.4, 0.5) is 4.39 Å². The minimum absolute atomic E-state index is 0.0457. The van der Waals surface area contributed by atoms with Crippen LogP contribution in [0.2, 0.25) is 0 Å². The molecule has 0 fully saturated rings. The number of hydrogen-bond donors (Lipinski definition) is 1. The van der Waals surface area contributed by atoms with Crippen LogP contribution in [0.15, 0.2) is 30.3 Å². The molecular weight excluding hydrogens is 245 g/mol. The molecule has 0 aromatic heterocycles. The average molecular weight is 263 g/mol. The van der Waals surface area contributed by atoms with Crippen molar-refractivity contribution in [2.45, 2.75) is 32.8 Å². The van der Waals surface area contributed by atoms with E-state index < -0.39 is 6.10 Å². The van der Waals surface area contributed by atoms with Gasteiger partial charge in [0.25, 0.3) is 5.91 Å². The van der Waals surface area contributed by atoms with Gasteiger partial charge in [-0.1, -0.05) is 38.5 Å². The molecule has 0 heterocycles. The Morgan fingerprint density at radius 2 is 2.11 bits per heavy atom. The number of hydroxylamine groups is 1. The van der Waals surface area contributed by atoms with E-state index >= 15 is 0 Å². The zero-order valence-electron chi connectivity index (χ0n) is 11.2. The van der Waals surface area contributed by atoms with E-state index in [1.807, 2.05) is 19.9 Å². The monoisotopic (exact) mass is 263 g/mol. The molecule has 0 aliphatic rings. The fourth-order valence-corrected chi connectivity index (χ4v) is 1.71. The maximum absolute atomic E-state index is 12.1. The third-order valence-corrected chi connectivity index (χ3v) is 2.77. The van der Waals surface area contributed by atoms with Crippen LogP contribution in [-0.2, 0) is 4.84 Å². The lowest BCUT2D eigenvalue weighted by molar-refractivity contribution is -0.0135. The molecule has 1 amide bonds. The summed E-state index contributed by atoms with van der Waals surface area (Å²) in [6, 6.07) is 8.67. The normalized spacial score (nSPS) is 13.0. The summed E-state index contributed by atoms with van der Waals surface area (Å²) in [5.41, 5.74) is 2.80. The van der Waals surface area contributed by atoms with Gasteiger partial charge in [0.2, 0.25) is 0 Å². The summed E-state index contributed by atoms with van der Waals surface area (Å²) >= 11 is 0. The van der Waals surface area contributed by atoms with Crippen molar-refractivity contribution in [1.82, 2.24) is 5.48 Å². The minimum atomic E-state index is -0.641.